The van der Waals surface area contributed by atoms with Crippen LogP contribution in [0.3, 0.4) is 0 Å². The zero-order chi connectivity index (χ0) is 16.2. The Hall–Kier alpha value is -2.46. The lowest BCUT2D eigenvalue weighted by Gasteiger charge is -2.12. The highest BCUT2D eigenvalue weighted by molar-refractivity contribution is 5.84. The summed E-state index contributed by atoms with van der Waals surface area (Å²) < 4.78 is 5.47. The molecule has 0 radical (unpaired) electrons. The Bertz CT molecular complexity index is 816. The summed E-state index contributed by atoms with van der Waals surface area (Å²) >= 11 is 0. The predicted molar refractivity (Wildman–Crippen MR) is 92.5 cm³/mol. The number of methoxy groups -OCH3 is 1. The van der Waals surface area contributed by atoms with Crippen LogP contribution in [-0.4, -0.2) is 17.1 Å². The number of aryl methyl sites for hydroxylation is 2. The van der Waals surface area contributed by atoms with Gasteiger partial charge in [0, 0.05) is 36.4 Å². The Morgan fingerprint density at radius 2 is 2.00 bits per heavy atom. The van der Waals surface area contributed by atoms with E-state index in [1.807, 2.05) is 12.3 Å². The molecule has 1 N–H and O–H groups in total. The fourth-order valence-corrected chi connectivity index (χ4v) is 2.80. The SMILES string of the molecule is COc1nc2cc(C)cc(C)c2cc1CNCc1cccnc1. The fraction of sp³-hybridized carbons (Fsp3) is 0.263. The van der Waals surface area contributed by atoms with Gasteiger partial charge in [-0.05, 0) is 48.7 Å². The van der Waals surface area contributed by atoms with Gasteiger partial charge in [0.1, 0.15) is 0 Å². The molecule has 2 aromatic heterocycles. The third-order valence-corrected chi connectivity index (χ3v) is 3.89. The van der Waals surface area contributed by atoms with E-state index in [-0.39, 0.29) is 0 Å². The van der Waals surface area contributed by atoms with E-state index < -0.39 is 0 Å². The molecule has 4 nitrogen and oxygen atoms in total. The zero-order valence-electron chi connectivity index (χ0n) is 13.8. The third kappa shape index (κ3) is 3.48. The molecule has 0 aliphatic rings. The maximum absolute atomic E-state index is 5.47. The van der Waals surface area contributed by atoms with E-state index in [4.69, 9.17) is 4.74 Å². The van der Waals surface area contributed by atoms with E-state index in [2.05, 4.69) is 53.4 Å². The molecule has 23 heavy (non-hydrogen) atoms. The van der Waals surface area contributed by atoms with Gasteiger partial charge in [-0.15, -0.1) is 0 Å². The van der Waals surface area contributed by atoms with E-state index in [0.29, 0.717) is 12.4 Å². The maximum Gasteiger partial charge on any atom is 0.218 e. The van der Waals surface area contributed by atoms with Gasteiger partial charge in [0.05, 0.1) is 12.6 Å². The molecule has 0 unspecified atom stereocenters. The summed E-state index contributed by atoms with van der Waals surface area (Å²) in [5.41, 5.74) is 5.66. The molecule has 0 saturated carbocycles. The highest BCUT2D eigenvalue weighted by Crippen LogP contribution is 2.25. The van der Waals surface area contributed by atoms with Crippen LogP contribution in [-0.2, 0) is 13.1 Å². The molecule has 0 atom stereocenters. The number of rotatable bonds is 5. The van der Waals surface area contributed by atoms with Gasteiger partial charge in [0.25, 0.3) is 0 Å². The number of pyridine rings is 2. The Morgan fingerprint density at radius 1 is 1.13 bits per heavy atom. The molecule has 0 aliphatic heterocycles. The summed E-state index contributed by atoms with van der Waals surface area (Å²) in [7, 11) is 1.67. The second-order valence-corrected chi connectivity index (χ2v) is 5.77. The predicted octanol–water partition coefficient (Wildman–Crippen LogP) is 3.55. The summed E-state index contributed by atoms with van der Waals surface area (Å²) in [5.74, 6) is 0.682. The van der Waals surface area contributed by atoms with Crippen molar-refractivity contribution in [3.8, 4) is 5.88 Å². The van der Waals surface area contributed by atoms with Gasteiger partial charge in [0.2, 0.25) is 5.88 Å². The monoisotopic (exact) mass is 307 g/mol. The van der Waals surface area contributed by atoms with Crippen molar-refractivity contribution in [3.63, 3.8) is 0 Å². The number of benzene rings is 1. The molecular weight excluding hydrogens is 286 g/mol. The minimum absolute atomic E-state index is 0.682. The van der Waals surface area contributed by atoms with Gasteiger partial charge >= 0.3 is 0 Å². The van der Waals surface area contributed by atoms with E-state index in [9.17, 15) is 0 Å². The van der Waals surface area contributed by atoms with Crippen LogP contribution in [0.4, 0.5) is 0 Å². The van der Waals surface area contributed by atoms with Crippen LogP contribution in [0.1, 0.15) is 22.3 Å². The van der Waals surface area contributed by atoms with E-state index >= 15 is 0 Å². The maximum atomic E-state index is 5.47. The number of ether oxygens (including phenoxy) is 1. The van der Waals surface area contributed by atoms with Crippen LogP contribution >= 0.6 is 0 Å². The number of fused-ring (bicyclic) bond motifs is 1. The van der Waals surface area contributed by atoms with Crippen LogP contribution in [0.15, 0.2) is 42.7 Å². The number of aromatic nitrogens is 2. The van der Waals surface area contributed by atoms with Crippen molar-refractivity contribution in [1.29, 1.82) is 0 Å². The van der Waals surface area contributed by atoms with Crippen molar-refractivity contribution in [1.82, 2.24) is 15.3 Å². The number of hydrogen-bond acceptors (Lipinski definition) is 4. The van der Waals surface area contributed by atoms with Crippen LogP contribution in [0, 0.1) is 13.8 Å². The van der Waals surface area contributed by atoms with Crippen LogP contribution < -0.4 is 10.1 Å². The molecule has 0 fully saturated rings. The molecule has 4 heteroatoms. The molecule has 3 rings (SSSR count). The Balaban J connectivity index is 1.84. The second kappa shape index (κ2) is 6.75. The molecule has 118 valence electrons. The Morgan fingerprint density at radius 3 is 2.74 bits per heavy atom. The summed E-state index contributed by atoms with van der Waals surface area (Å²) in [6.07, 6.45) is 3.65. The first-order valence-corrected chi connectivity index (χ1v) is 7.72. The smallest absolute Gasteiger partial charge is 0.218 e. The lowest BCUT2D eigenvalue weighted by Crippen LogP contribution is -2.14. The van der Waals surface area contributed by atoms with Crippen LogP contribution in [0.5, 0.6) is 5.88 Å². The molecule has 1 aromatic carbocycles. The molecule has 0 aliphatic carbocycles. The Labute approximate surface area is 136 Å². The van der Waals surface area contributed by atoms with Gasteiger partial charge < -0.3 is 10.1 Å². The van der Waals surface area contributed by atoms with Crippen molar-refractivity contribution < 1.29 is 4.74 Å². The standard InChI is InChI=1S/C19H21N3O/c1-13-7-14(2)17-9-16(19(23-3)22-18(17)8-13)12-21-11-15-5-4-6-20-10-15/h4-10,21H,11-12H2,1-3H3. The van der Waals surface area contributed by atoms with Crippen LogP contribution in [0.2, 0.25) is 0 Å². The molecule has 3 aromatic rings. The van der Waals surface area contributed by atoms with Crippen molar-refractivity contribution in [2.24, 2.45) is 0 Å². The number of nitrogens with zero attached hydrogens (tertiary/aromatic N) is 2. The third-order valence-electron chi connectivity index (χ3n) is 3.89. The highest BCUT2D eigenvalue weighted by atomic mass is 16.5. The van der Waals surface area contributed by atoms with Gasteiger partial charge in [-0.3, -0.25) is 4.98 Å². The van der Waals surface area contributed by atoms with E-state index in [0.717, 1.165) is 23.2 Å². The first-order valence-electron chi connectivity index (χ1n) is 7.72. The first-order chi connectivity index (χ1) is 11.2. The zero-order valence-corrected chi connectivity index (χ0v) is 13.8. The summed E-state index contributed by atoms with van der Waals surface area (Å²) in [6, 6.07) is 10.5. The molecular formula is C19H21N3O. The van der Waals surface area contributed by atoms with E-state index in [1.54, 1.807) is 13.3 Å². The average Bonchev–Trinajstić information content (AvgIpc) is 2.55. The molecule has 2 heterocycles. The van der Waals surface area contributed by atoms with Gasteiger partial charge in [-0.2, -0.15) is 0 Å². The number of nitrogens with one attached hydrogen (secondary N) is 1. The van der Waals surface area contributed by atoms with Crippen molar-refractivity contribution in [2.45, 2.75) is 26.9 Å². The molecule has 0 amide bonds. The minimum Gasteiger partial charge on any atom is -0.481 e. The molecule has 0 spiro atoms. The van der Waals surface area contributed by atoms with Crippen molar-refractivity contribution >= 4 is 10.9 Å². The van der Waals surface area contributed by atoms with Gasteiger partial charge in [-0.25, -0.2) is 4.98 Å². The average molecular weight is 307 g/mol. The number of hydrogen-bond donors (Lipinski definition) is 1. The van der Waals surface area contributed by atoms with Crippen molar-refractivity contribution in [2.75, 3.05) is 7.11 Å². The quantitative estimate of drug-likeness (QED) is 0.783. The largest absolute Gasteiger partial charge is 0.481 e. The summed E-state index contributed by atoms with van der Waals surface area (Å²) in [4.78, 5) is 8.79. The lowest BCUT2D eigenvalue weighted by molar-refractivity contribution is 0.392. The fourth-order valence-electron chi connectivity index (χ4n) is 2.80. The Kier molecular flexibility index (Phi) is 4.53. The van der Waals surface area contributed by atoms with Gasteiger partial charge in [0.15, 0.2) is 0 Å². The van der Waals surface area contributed by atoms with Gasteiger partial charge in [-0.1, -0.05) is 12.1 Å². The highest BCUT2D eigenvalue weighted by Gasteiger charge is 2.09. The van der Waals surface area contributed by atoms with Crippen molar-refractivity contribution in [3.05, 3.63) is 65.0 Å². The first kappa shape index (κ1) is 15.4. The summed E-state index contributed by atoms with van der Waals surface area (Å²) in [6.45, 7) is 5.68. The minimum atomic E-state index is 0.682. The summed E-state index contributed by atoms with van der Waals surface area (Å²) in [5, 5.41) is 4.60. The van der Waals surface area contributed by atoms with Crippen LogP contribution in [0.25, 0.3) is 10.9 Å². The lowest BCUT2D eigenvalue weighted by atomic mass is 10.0. The molecule has 0 saturated heterocycles. The molecule has 0 bridgehead atoms. The normalized spacial score (nSPS) is 10.9. The topological polar surface area (TPSA) is 47.0 Å². The second-order valence-electron chi connectivity index (χ2n) is 5.77. The van der Waals surface area contributed by atoms with E-state index in [1.165, 1.54) is 16.5 Å².